The Morgan fingerprint density at radius 3 is 2.71 bits per heavy atom. The minimum absolute atomic E-state index is 0.0256. The van der Waals surface area contributed by atoms with Crippen molar-refractivity contribution < 1.29 is 5.11 Å². The minimum Gasteiger partial charge on any atom is -0.394 e. The van der Waals surface area contributed by atoms with Crippen LogP contribution < -0.4 is 5.32 Å². The van der Waals surface area contributed by atoms with Gasteiger partial charge < -0.3 is 10.4 Å². The number of hydrogen-bond donors (Lipinski definition) is 2. The van der Waals surface area contributed by atoms with Crippen LogP contribution in [0.5, 0.6) is 0 Å². The number of nitrogens with one attached hydrogen (secondary N) is 1. The van der Waals surface area contributed by atoms with Gasteiger partial charge in [0, 0.05) is 5.54 Å². The molecule has 1 fully saturated rings. The maximum atomic E-state index is 9.43. The van der Waals surface area contributed by atoms with Gasteiger partial charge in [-0.15, -0.1) is 0 Å². The van der Waals surface area contributed by atoms with Gasteiger partial charge in [0.25, 0.3) is 0 Å². The average molecular weight is 199 g/mol. The summed E-state index contributed by atoms with van der Waals surface area (Å²) in [5.41, 5.74) is 0.0256. The number of rotatable bonds is 4. The fourth-order valence-corrected chi connectivity index (χ4v) is 2.80. The third-order valence-corrected chi connectivity index (χ3v) is 3.58. The molecule has 0 amide bonds. The maximum absolute atomic E-state index is 9.43. The zero-order valence-corrected chi connectivity index (χ0v) is 9.84. The lowest BCUT2D eigenvalue weighted by Gasteiger charge is -2.40. The quantitative estimate of drug-likeness (QED) is 0.727. The lowest BCUT2D eigenvalue weighted by atomic mass is 9.73. The number of likely N-dealkylation sites (N-methyl/N-ethyl adjacent to an activating group) is 1. The molecule has 0 spiro atoms. The van der Waals surface area contributed by atoms with Gasteiger partial charge in [-0.2, -0.15) is 0 Å². The van der Waals surface area contributed by atoms with Crippen molar-refractivity contribution in [2.45, 2.75) is 51.5 Å². The van der Waals surface area contributed by atoms with Crippen LogP contribution in [0.3, 0.4) is 0 Å². The van der Waals surface area contributed by atoms with Gasteiger partial charge >= 0.3 is 0 Å². The molecule has 84 valence electrons. The highest BCUT2D eigenvalue weighted by molar-refractivity contribution is 4.92. The van der Waals surface area contributed by atoms with Crippen molar-refractivity contribution in [2.24, 2.45) is 11.8 Å². The molecule has 0 aromatic carbocycles. The third-order valence-electron chi connectivity index (χ3n) is 3.58. The summed E-state index contributed by atoms with van der Waals surface area (Å²) in [5, 5.41) is 12.8. The normalized spacial score (nSPS) is 33.6. The van der Waals surface area contributed by atoms with E-state index in [1.165, 1.54) is 19.3 Å². The Morgan fingerprint density at radius 2 is 2.21 bits per heavy atom. The summed E-state index contributed by atoms with van der Waals surface area (Å²) in [6.07, 6.45) is 6.20. The van der Waals surface area contributed by atoms with Gasteiger partial charge in [0.05, 0.1) is 6.61 Å². The number of aliphatic hydroxyl groups excluding tert-OH is 1. The lowest BCUT2D eigenvalue weighted by Crippen LogP contribution is -2.50. The molecule has 1 saturated carbocycles. The van der Waals surface area contributed by atoms with Crippen LogP contribution >= 0.6 is 0 Å². The first-order chi connectivity index (χ1) is 6.62. The molecule has 1 rings (SSSR count). The van der Waals surface area contributed by atoms with Crippen LogP contribution in [0.25, 0.3) is 0 Å². The van der Waals surface area contributed by atoms with Crippen LogP contribution in [0, 0.1) is 11.8 Å². The summed E-state index contributed by atoms with van der Waals surface area (Å²) in [6, 6.07) is 0. The Hall–Kier alpha value is -0.0800. The second kappa shape index (κ2) is 5.13. The van der Waals surface area contributed by atoms with E-state index >= 15 is 0 Å². The largest absolute Gasteiger partial charge is 0.394 e. The summed E-state index contributed by atoms with van der Waals surface area (Å²) < 4.78 is 0. The van der Waals surface area contributed by atoms with E-state index in [-0.39, 0.29) is 12.1 Å². The van der Waals surface area contributed by atoms with Crippen molar-refractivity contribution in [3.8, 4) is 0 Å². The molecule has 2 N–H and O–H groups in total. The Labute approximate surface area is 88.1 Å². The van der Waals surface area contributed by atoms with Gasteiger partial charge in [-0.1, -0.05) is 26.7 Å². The SMILES string of the molecule is CNC1(CO)CCCC(CC(C)C)C1. The molecule has 1 aliphatic carbocycles. The van der Waals surface area contributed by atoms with Crippen LogP contribution in [0.2, 0.25) is 0 Å². The Morgan fingerprint density at radius 1 is 1.50 bits per heavy atom. The number of aliphatic hydroxyl groups is 1. The summed E-state index contributed by atoms with van der Waals surface area (Å²) in [4.78, 5) is 0. The Balaban J connectivity index is 2.49. The van der Waals surface area contributed by atoms with Gasteiger partial charge in [-0.05, 0) is 38.1 Å². The number of hydrogen-bond acceptors (Lipinski definition) is 2. The van der Waals surface area contributed by atoms with Crippen LogP contribution in [0.4, 0.5) is 0 Å². The third kappa shape index (κ3) is 2.96. The van der Waals surface area contributed by atoms with E-state index < -0.39 is 0 Å². The topological polar surface area (TPSA) is 32.3 Å². The molecule has 0 saturated heterocycles. The summed E-state index contributed by atoms with van der Waals surface area (Å²) in [5.74, 6) is 1.59. The lowest BCUT2D eigenvalue weighted by molar-refractivity contribution is 0.0955. The van der Waals surface area contributed by atoms with E-state index in [0.717, 1.165) is 24.7 Å². The van der Waals surface area contributed by atoms with Crippen molar-refractivity contribution in [1.82, 2.24) is 5.32 Å². The molecule has 2 unspecified atom stereocenters. The monoisotopic (exact) mass is 199 g/mol. The molecular weight excluding hydrogens is 174 g/mol. The highest BCUT2D eigenvalue weighted by Crippen LogP contribution is 2.35. The van der Waals surface area contributed by atoms with Gasteiger partial charge in [0.15, 0.2) is 0 Å². The first-order valence-electron chi connectivity index (χ1n) is 5.91. The smallest absolute Gasteiger partial charge is 0.0613 e. The zero-order valence-electron chi connectivity index (χ0n) is 9.84. The zero-order chi connectivity index (χ0) is 10.6. The average Bonchev–Trinajstić information content (AvgIpc) is 2.17. The summed E-state index contributed by atoms with van der Waals surface area (Å²) in [7, 11) is 1.98. The maximum Gasteiger partial charge on any atom is 0.0613 e. The van der Waals surface area contributed by atoms with E-state index in [2.05, 4.69) is 19.2 Å². The molecule has 0 bridgehead atoms. The molecule has 2 atom stereocenters. The van der Waals surface area contributed by atoms with Gasteiger partial charge in [-0.3, -0.25) is 0 Å². The van der Waals surface area contributed by atoms with Crippen molar-refractivity contribution in [3.05, 3.63) is 0 Å². The minimum atomic E-state index is 0.0256. The molecule has 1 aliphatic rings. The molecule has 2 heteroatoms. The Kier molecular flexibility index (Phi) is 4.39. The molecule has 2 nitrogen and oxygen atoms in total. The fraction of sp³-hybridized carbons (Fsp3) is 1.00. The van der Waals surface area contributed by atoms with E-state index in [9.17, 15) is 5.11 Å². The second-order valence-electron chi connectivity index (χ2n) is 5.28. The van der Waals surface area contributed by atoms with Gasteiger partial charge in [-0.25, -0.2) is 0 Å². The van der Waals surface area contributed by atoms with Crippen molar-refractivity contribution >= 4 is 0 Å². The second-order valence-corrected chi connectivity index (χ2v) is 5.28. The van der Waals surface area contributed by atoms with Crippen LogP contribution in [-0.4, -0.2) is 24.3 Å². The molecule has 0 aromatic rings. The van der Waals surface area contributed by atoms with Gasteiger partial charge in [0.2, 0.25) is 0 Å². The first kappa shape index (κ1) is 12.0. The predicted octanol–water partition coefficient (Wildman–Crippen LogP) is 2.17. The standard InChI is InChI=1S/C12H25NO/c1-10(2)7-11-5-4-6-12(8-11,9-14)13-3/h10-11,13-14H,4-9H2,1-3H3. The summed E-state index contributed by atoms with van der Waals surface area (Å²) in [6.45, 7) is 4.86. The van der Waals surface area contributed by atoms with Crippen LogP contribution in [0.1, 0.15) is 46.0 Å². The van der Waals surface area contributed by atoms with Crippen LogP contribution in [-0.2, 0) is 0 Å². The molecule has 0 aromatic heterocycles. The molecule has 14 heavy (non-hydrogen) atoms. The van der Waals surface area contributed by atoms with E-state index in [4.69, 9.17) is 0 Å². The molecular formula is C12H25NO. The van der Waals surface area contributed by atoms with E-state index in [1.807, 2.05) is 7.05 Å². The molecule has 0 heterocycles. The van der Waals surface area contributed by atoms with Crippen molar-refractivity contribution in [2.75, 3.05) is 13.7 Å². The van der Waals surface area contributed by atoms with E-state index in [0.29, 0.717) is 0 Å². The summed E-state index contributed by atoms with van der Waals surface area (Å²) >= 11 is 0. The van der Waals surface area contributed by atoms with E-state index in [1.54, 1.807) is 0 Å². The highest BCUT2D eigenvalue weighted by Gasteiger charge is 2.34. The molecule has 0 aliphatic heterocycles. The highest BCUT2D eigenvalue weighted by atomic mass is 16.3. The van der Waals surface area contributed by atoms with Crippen LogP contribution in [0.15, 0.2) is 0 Å². The first-order valence-corrected chi connectivity index (χ1v) is 5.91. The molecule has 0 radical (unpaired) electrons. The fourth-order valence-electron chi connectivity index (χ4n) is 2.80. The van der Waals surface area contributed by atoms with Gasteiger partial charge in [0.1, 0.15) is 0 Å². The Bertz CT molecular complexity index is 164. The van der Waals surface area contributed by atoms with Crippen molar-refractivity contribution in [1.29, 1.82) is 0 Å². The predicted molar refractivity (Wildman–Crippen MR) is 60.3 cm³/mol. The van der Waals surface area contributed by atoms with Crippen molar-refractivity contribution in [3.63, 3.8) is 0 Å².